The molecule has 0 aliphatic rings. The number of aromatic nitrogens is 3. The minimum atomic E-state index is -0.439. The molecule has 3 N–H and O–H groups in total. The van der Waals surface area contributed by atoms with Crippen LogP contribution in [0.25, 0.3) is 0 Å². The quantitative estimate of drug-likeness (QED) is 0.738. The van der Waals surface area contributed by atoms with E-state index in [1.165, 1.54) is 13.3 Å². The van der Waals surface area contributed by atoms with Gasteiger partial charge in [-0.1, -0.05) is 12.1 Å². The second-order valence-corrected chi connectivity index (χ2v) is 4.61. The molecule has 0 fully saturated rings. The van der Waals surface area contributed by atoms with Crippen molar-refractivity contribution in [2.24, 2.45) is 0 Å². The van der Waals surface area contributed by atoms with Crippen molar-refractivity contribution in [2.75, 3.05) is 12.4 Å². The molecule has 2 amide bonds. The molecule has 22 heavy (non-hydrogen) atoms. The Bertz CT molecular complexity index is 624. The maximum absolute atomic E-state index is 12.0. The summed E-state index contributed by atoms with van der Waals surface area (Å²) in [5.41, 5.74) is 0.809. The van der Waals surface area contributed by atoms with Crippen LogP contribution in [0.3, 0.4) is 0 Å². The van der Waals surface area contributed by atoms with Crippen LogP contribution in [0.4, 0.5) is 5.95 Å². The van der Waals surface area contributed by atoms with Gasteiger partial charge in [0.05, 0.1) is 19.6 Å². The average molecular weight is 303 g/mol. The molecule has 1 aromatic carbocycles. The SMILES string of the molecule is COc1ccc([C@H](CC(=O)Nc2ncn[nH]2)NC(C)=O)cc1. The molecular formula is C14H17N5O3. The average Bonchev–Trinajstić information content (AvgIpc) is 2.99. The van der Waals surface area contributed by atoms with E-state index >= 15 is 0 Å². The van der Waals surface area contributed by atoms with Crippen LogP contribution in [0.5, 0.6) is 5.75 Å². The molecule has 0 unspecified atom stereocenters. The van der Waals surface area contributed by atoms with Gasteiger partial charge in [-0.3, -0.25) is 14.9 Å². The van der Waals surface area contributed by atoms with Crippen molar-refractivity contribution in [1.29, 1.82) is 0 Å². The van der Waals surface area contributed by atoms with E-state index in [1.54, 1.807) is 31.4 Å². The highest BCUT2D eigenvalue weighted by Crippen LogP contribution is 2.20. The Kier molecular flexibility index (Phi) is 5.07. The molecule has 1 heterocycles. The van der Waals surface area contributed by atoms with Crippen LogP contribution in [-0.4, -0.2) is 34.1 Å². The Labute approximate surface area is 127 Å². The predicted molar refractivity (Wildman–Crippen MR) is 79.2 cm³/mol. The standard InChI is InChI=1S/C14H17N5O3/c1-9(20)17-12(10-3-5-11(22-2)6-4-10)7-13(21)18-14-15-8-16-19-14/h3-6,8,12H,7H2,1-2H3,(H,17,20)(H2,15,16,18,19,21)/t12-/m0/s1. The Morgan fingerprint density at radius 3 is 2.59 bits per heavy atom. The summed E-state index contributed by atoms with van der Waals surface area (Å²) in [6.07, 6.45) is 1.37. The summed E-state index contributed by atoms with van der Waals surface area (Å²) in [6, 6.07) is 6.73. The normalized spacial score (nSPS) is 11.5. The molecule has 0 aliphatic heterocycles. The van der Waals surface area contributed by atoms with Crippen molar-refractivity contribution >= 4 is 17.8 Å². The summed E-state index contributed by atoms with van der Waals surface area (Å²) in [6.45, 7) is 1.41. The van der Waals surface area contributed by atoms with Crippen LogP contribution in [0, 0.1) is 0 Å². The lowest BCUT2D eigenvalue weighted by Gasteiger charge is -2.18. The molecule has 8 nitrogen and oxygen atoms in total. The summed E-state index contributed by atoms with van der Waals surface area (Å²) < 4.78 is 5.10. The first-order valence-corrected chi connectivity index (χ1v) is 6.64. The summed E-state index contributed by atoms with van der Waals surface area (Å²) in [7, 11) is 1.57. The summed E-state index contributed by atoms with van der Waals surface area (Å²) in [5.74, 6) is 0.470. The van der Waals surface area contributed by atoms with E-state index in [4.69, 9.17) is 4.74 Å². The van der Waals surface area contributed by atoms with Gasteiger partial charge < -0.3 is 10.1 Å². The molecule has 0 saturated heterocycles. The number of ether oxygens (including phenoxy) is 1. The Balaban J connectivity index is 2.07. The van der Waals surface area contributed by atoms with Gasteiger partial charge in [0.25, 0.3) is 0 Å². The van der Waals surface area contributed by atoms with Crippen molar-refractivity contribution in [3.8, 4) is 5.75 Å². The highest BCUT2D eigenvalue weighted by atomic mass is 16.5. The van der Waals surface area contributed by atoms with E-state index in [2.05, 4.69) is 25.8 Å². The molecule has 0 aliphatic carbocycles. The van der Waals surface area contributed by atoms with Crippen molar-refractivity contribution in [1.82, 2.24) is 20.5 Å². The van der Waals surface area contributed by atoms with Gasteiger partial charge >= 0.3 is 0 Å². The van der Waals surface area contributed by atoms with Crippen molar-refractivity contribution in [2.45, 2.75) is 19.4 Å². The number of H-pyrrole nitrogens is 1. The predicted octanol–water partition coefficient (Wildman–Crippen LogP) is 1.02. The molecular weight excluding hydrogens is 286 g/mol. The molecule has 2 aromatic rings. The van der Waals surface area contributed by atoms with E-state index in [9.17, 15) is 9.59 Å². The minimum Gasteiger partial charge on any atom is -0.497 e. The fourth-order valence-corrected chi connectivity index (χ4v) is 1.97. The van der Waals surface area contributed by atoms with Gasteiger partial charge in [0.1, 0.15) is 12.1 Å². The number of carbonyl (C=O) groups excluding carboxylic acids is 2. The van der Waals surface area contributed by atoms with Gasteiger partial charge in [0.15, 0.2) is 0 Å². The molecule has 1 atom stereocenters. The van der Waals surface area contributed by atoms with Gasteiger partial charge in [-0.2, -0.15) is 10.1 Å². The smallest absolute Gasteiger partial charge is 0.229 e. The van der Waals surface area contributed by atoms with Crippen molar-refractivity contribution in [3.63, 3.8) is 0 Å². The first kappa shape index (κ1) is 15.5. The molecule has 1 aromatic heterocycles. The van der Waals surface area contributed by atoms with Crippen LogP contribution in [-0.2, 0) is 9.59 Å². The number of carbonyl (C=O) groups is 2. The maximum Gasteiger partial charge on any atom is 0.229 e. The molecule has 0 spiro atoms. The number of hydrogen-bond donors (Lipinski definition) is 3. The number of rotatable bonds is 6. The topological polar surface area (TPSA) is 109 Å². The summed E-state index contributed by atoms with van der Waals surface area (Å²) in [4.78, 5) is 27.2. The van der Waals surface area contributed by atoms with E-state index in [0.717, 1.165) is 5.56 Å². The second-order valence-electron chi connectivity index (χ2n) is 4.61. The number of nitrogens with zero attached hydrogens (tertiary/aromatic N) is 2. The molecule has 2 rings (SSSR count). The minimum absolute atomic E-state index is 0.0760. The number of hydrogen-bond acceptors (Lipinski definition) is 5. The van der Waals surface area contributed by atoms with E-state index < -0.39 is 6.04 Å². The largest absolute Gasteiger partial charge is 0.497 e. The van der Waals surface area contributed by atoms with Crippen LogP contribution in [0.15, 0.2) is 30.6 Å². The summed E-state index contributed by atoms with van der Waals surface area (Å²) >= 11 is 0. The molecule has 0 saturated carbocycles. The zero-order chi connectivity index (χ0) is 15.9. The van der Waals surface area contributed by atoms with Crippen molar-refractivity contribution < 1.29 is 14.3 Å². The lowest BCUT2D eigenvalue weighted by molar-refractivity contribution is -0.120. The van der Waals surface area contributed by atoms with Crippen LogP contribution in [0.2, 0.25) is 0 Å². The van der Waals surface area contributed by atoms with Crippen molar-refractivity contribution in [3.05, 3.63) is 36.2 Å². The molecule has 0 bridgehead atoms. The van der Waals surface area contributed by atoms with E-state index in [0.29, 0.717) is 5.75 Å². The third kappa shape index (κ3) is 4.30. The third-order valence-corrected chi connectivity index (χ3v) is 2.96. The lowest BCUT2D eigenvalue weighted by Crippen LogP contribution is -2.29. The third-order valence-electron chi connectivity index (χ3n) is 2.96. The monoisotopic (exact) mass is 303 g/mol. The molecule has 116 valence electrons. The Morgan fingerprint density at radius 2 is 2.05 bits per heavy atom. The van der Waals surface area contributed by atoms with Gasteiger partial charge in [-0.25, -0.2) is 5.10 Å². The highest BCUT2D eigenvalue weighted by molar-refractivity contribution is 5.89. The lowest BCUT2D eigenvalue weighted by atomic mass is 10.0. The number of amides is 2. The number of anilines is 1. The zero-order valence-corrected chi connectivity index (χ0v) is 12.3. The number of nitrogens with one attached hydrogen (secondary N) is 3. The number of benzene rings is 1. The van der Waals surface area contributed by atoms with Gasteiger partial charge in [0.2, 0.25) is 17.8 Å². The fourth-order valence-electron chi connectivity index (χ4n) is 1.97. The van der Waals surface area contributed by atoms with Gasteiger partial charge in [0, 0.05) is 6.92 Å². The van der Waals surface area contributed by atoms with E-state index in [-0.39, 0.29) is 24.2 Å². The highest BCUT2D eigenvalue weighted by Gasteiger charge is 2.18. The first-order valence-electron chi connectivity index (χ1n) is 6.64. The molecule has 0 radical (unpaired) electrons. The van der Waals surface area contributed by atoms with Crippen LogP contribution < -0.4 is 15.4 Å². The Morgan fingerprint density at radius 1 is 1.32 bits per heavy atom. The number of methoxy groups -OCH3 is 1. The van der Waals surface area contributed by atoms with Crippen LogP contribution >= 0.6 is 0 Å². The van der Waals surface area contributed by atoms with Gasteiger partial charge in [-0.15, -0.1) is 0 Å². The summed E-state index contributed by atoms with van der Waals surface area (Å²) in [5, 5.41) is 11.5. The Hall–Kier alpha value is -2.90. The number of aromatic amines is 1. The van der Waals surface area contributed by atoms with Crippen LogP contribution in [0.1, 0.15) is 24.9 Å². The van der Waals surface area contributed by atoms with Gasteiger partial charge in [-0.05, 0) is 17.7 Å². The second kappa shape index (κ2) is 7.21. The first-order chi connectivity index (χ1) is 10.6. The fraction of sp³-hybridized carbons (Fsp3) is 0.286. The maximum atomic E-state index is 12.0. The zero-order valence-electron chi connectivity index (χ0n) is 12.3. The molecule has 8 heteroatoms. The van der Waals surface area contributed by atoms with E-state index in [1.807, 2.05) is 0 Å².